The second-order valence-electron chi connectivity index (χ2n) is 4.21. The number of ether oxygens (including phenoxy) is 1. The summed E-state index contributed by atoms with van der Waals surface area (Å²) in [6.07, 6.45) is 1.45. The molecule has 92 valence electrons. The van der Waals surface area contributed by atoms with Crippen molar-refractivity contribution in [1.29, 1.82) is 0 Å². The van der Waals surface area contributed by atoms with Crippen LogP contribution in [0.3, 0.4) is 0 Å². The lowest BCUT2D eigenvalue weighted by atomic mass is 9.87. The van der Waals surface area contributed by atoms with Gasteiger partial charge >= 0.3 is 5.97 Å². The lowest BCUT2D eigenvalue weighted by molar-refractivity contribution is -0.143. The maximum atomic E-state index is 10.8. The number of carboxylic acid groups (broad SMARTS) is 1. The highest BCUT2D eigenvalue weighted by atomic mass is 16.5. The summed E-state index contributed by atoms with van der Waals surface area (Å²) in [4.78, 5) is 20.9. The highest BCUT2D eigenvalue weighted by molar-refractivity contribution is 5.70. The average molecular weight is 237 g/mol. The van der Waals surface area contributed by atoms with Crippen LogP contribution in [0.15, 0.2) is 12.4 Å². The normalized spacial score (nSPS) is 17.4. The van der Waals surface area contributed by atoms with E-state index in [1.54, 1.807) is 20.1 Å². The fraction of sp³-hybridized carbons (Fsp3) is 0.545. The predicted octanol–water partition coefficient (Wildman–Crippen LogP) is 0.642. The highest BCUT2D eigenvalue weighted by Crippen LogP contribution is 2.28. The Hall–Kier alpha value is -1.85. The Labute approximate surface area is 99.2 Å². The van der Waals surface area contributed by atoms with E-state index in [4.69, 9.17) is 9.84 Å². The summed E-state index contributed by atoms with van der Waals surface area (Å²) in [5.41, 5.74) is 0. The molecule has 1 fully saturated rings. The fourth-order valence-corrected chi connectivity index (χ4v) is 1.83. The van der Waals surface area contributed by atoms with Gasteiger partial charge in [0.1, 0.15) is 12.1 Å². The van der Waals surface area contributed by atoms with Gasteiger partial charge in [-0.15, -0.1) is 0 Å². The zero-order chi connectivity index (χ0) is 12.4. The number of carbonyl (C=O) groups is 1. The predicted molar refractivity (Wildman–Crippen MR) is 61.1 cm³/mol. The van der Waals surface area contributed by atoms with E-state index in [2.05, 4.69) is 9.97 Å². The maximum Gasteiger partial charge on any atom is 0.306 e. The Balaban J connectivity index is 1.97. The van der Waals surface area contributed by atoms with Crippen molar-refractivity contribution in [3.8, 4) is 5.88 Å². The molecule has 17 heavy (non-hydrogen) atoms. The van der Waals surface area contributed by atoms with Crippen molar-refractivity contribution in [2.24, 2.45) is 11.8 Å². The minimum Gasteiger partial charge on any atom is -0.481 e. The third-order valence-electron chi connectivity index (χ3n) is 3.17. The van der Waals surface area contributed by atoms with Gasteiger partial charge in [0.25, 0.3) is 0 Å². The van der Waals surface area contributed by atoms with Gasteiger partial charge in [0, 0.05) is 25.1 Å². The first-order chi connectivity index (χ1) is 8.11. The van der Waals surface area contributed by atoms with Gasteiger partial charge in [-0.05, 0) is 0 Å². The smallest absolute Gasteiger partial charge is 0.306 e. The van der Waals surface area contributed by atoms with E-state index >= 15 is 0 Å². The molecule has 2 heterocycles. The lowest BCUT2D eigenvalue weighted by Crippen LogP contribution is -2.51. The summed E-state index contributed by atoms with van der Waals surface area (Å²) in [7, 11) is 1.55. The van der Waals surface area contributed by atoms with Crippen LogP contribution in [-0.4, -0.2) is 41.2 Å². The Morgan fingerprint density at radius 2 is 2.29 bits per heavy atom. The van der Waals surface area contributed by atoms with Crippen LogP contribution in [0.4, 0.5) is 5.82 Å². The molecule has 0 saturated carbocycles. The molecule has 1 aromatic heterocycles. The van der Waals surface area contributed by atoms with E-state index in [1.165, 1.54) is 6.33 Å². The van der Waals surface area contributed by atoms with Crippen molar-refractivity contribution in [1.82, 2.24) is 9.97 Å². The first-order valence-electron chi connectivity index (χ1n) is 5.45. The van der Waals surface area contributed by atoms with Crippen LogP contribution in [0.1, 0.15) is 6.92 Å². The third-order valence-corrected chi connectivity index (χ3v) is 3.17. The SMILES string of the molecule is COc1cc(N2CC(C(C)C(=O)O)C2)ncn1. The molecule has 1 aromatic rings. The van der Waals surface area contributed by atoms with Crippen molar-refractivity contribution in [2.75, 3.05) is 25.1 Å². The molecule has 2 rings (SSSR count). The number of aromatic nitrogens is 2. The van der Waals surface area contributed by atoms with E-state index < -0.39 is 5.97 Å². The molecule has 1 unspecified atom stereocenters. The van der Waals surface area contributed by atoms with Gasteiger partial charge in [-0.1, -0.05) is 6.92 Å². The van der Waals surface area contributed by atoms with Crippen molar-refractivity contribution < 1.29 is 14.6 Å². The van der Waals surface area contributed by atoms with Crippen LogP contribution in [0, 0.1) is 11.8 Å². The van der Waals surface area contributed by atoms with Gasteiger partial charge in [-0.3, -0.25) is 4.79 Å². The Bertz CT molecular complexity index is 418. The van der Waals surface area contributed by atoms with Crippen LogP contribution >= 0.6 is 0 Å². The monoisotopic (exact) mass is 237 g/mol. The third kappa shape index (κ3) is 2.30. The minimum absolute atomic E-state index is 0.188. The van der Waals surface area contributed by atoms with Gasteiger partial charge in [-0.2, -0.15) is 0 Å². The quantitative estimate of drug-likeness (QED) is 0.828. The number of methoxy groups -OCH3 is 1. The second-order valence-corrected chi connectivity index (χ2v) is 4.21. The maximum absolute atomic E-state index is 10.8. The number of rotatable bonds is 4. The van der Waals surface area contributed by atoms with Gasteiger partial charge in [0.15, 0.2) is 0 Å². The standard InChI is InChI=1S/C11H15N3O3/c1-7(11(15)16)8-4-14(5-8)9-3-10(17-2)13-6-12-9/h3,6-8H,4-5H2,1-2H3,(H,15,16). The van der Waals surface area contributed by atoms with Crippen LogP contribution in [-0.2, 0) is 4.79 Å². The van der Waals surface area contributed by atoms with Crippen LogP contribution in [0.25, 0.3) is 0 Å². The molecule has 6 nitrogen and oxygen atoms in total. The molecule has 1 atom stereocenters. The Morgan fingerprint density at radius 1 is 1.59 bits per heavy atom. The molecule has 0 aliphatic carbocycles. The number of hydrogen-bond acceptors (Lipinski definition) is 5. The van der Waals surface area contributed by atoms with Gasteiger partial charge in [-0.25, -0.2) is 9.97 Å². The van der Waals surface area contributed by atoms with Crippen molar-refractivity contribution in [3.63, 3.8) is 0 Å². The van der Waals surface area contributed by atoms with Crippen molar-refractivity contribution in [2.45, 2.75) is 6.92 Å². The van der Waals surface area contributed by atoms with E-state index in [-0.39, 0.29) is 11.8 Å². The molecule has 6 heteroatoms. The minimum atomic E-state index is -0.741. The van der Waals surface area contributed by atoms with Crippen LogP contribution in [0.5, 0.6) is 5.88 Å². The summed E-state index contributed by atoms with van der Waals surface area (Å²) in [5.74, 6) is 0.439. The second kappa shape index (κ2) is 4.57. The van der Waals surface area contributed by atoms with Crippen LogP contribution in [0.2, 0.25) is 0 Å². The first-order valence-corrected chi connectivity index (χ1v) is 5.45. The van der Waals surface area contributed by atoms with E-state index in [9.17, 15) is 4.79 Å². The van der Waals surface area contributed by atoms with Crippen LogP contribution < -0.4 is 9.64 Å². The molecular weight excluding hydrogens is 222 g/mol. The molecular formula is C11H15N3O3. The number of nitrogens with zero attached hydrogens (tertiary/aromatic N) is 3. The number of hydrogen-bond donors (Lipinski definition) is 1. The highest BCUT2D eigenvalue weighted by Gasteiger charge is 2.35. The number of aliphatic carboxylic acids is 1. The molecule has 1 N–H and O–H groups in total. The molecule has 1 aliphatic rings. The zero-order valence-electron chi connectivity index (χ0n) is 9.83. The first kappa shape index (κ1) is 11.6. The Kier molecular flexibility index (Phi) is 3.12. The summed E-state index contributed by atoms with van der Waals surface area (Å²) >= 11 is 0. The van der Waals surface area contributed by atoms with Gasteiger partial charge < -0.3 is 14.7 Å². The molecule has 0 bridgehead atoms. The van der Waals surface area contributed by atoms with E-state index in [0.717, 1.165) is 5.82 Å². The Morgan fingerprint density at radius 3 is 2.88 bits per heavy atom. The molecule has 0 spiro atoms. The van der Waals surface area contributed by atoms with Crippen molar-refractivity contribution in [3.05, 3.63) is 12.4 Å². The number of carboxylic acids is 1. The van der Waals surface area contributed by atoms with E-state index in [0.29, 0.717) is 19.0 Å². The molecule has 0 aromatic carbocycles. The van der Waals surface area contributed by atoms with Crippen molar-refractivity contribution >= 4 is 11.8 Å². The number of anilines is 1. The van der Waals surface area contributed by atoms with Gasteiger partial charge in [0.2, 0.25) is 5.88 Å². The van der Waals surface area contributed by atoms with Gasteiger partial charge in [0.05, 0.1) is 13.0 Å². The topological polar surface area (TPSA) is 75.5 Å². The van der Waals surface area contributed by atoms with E-state index in [1.807, 2.05) is 4.90 Å². The average Bonchev–Trinajstić information content (AvgIpc) is 2.27. The lowest BCUT2D eigenvalue weighted by Gasteiger charge is -2.41. The molecule has 0 radical (unpaired) electrons. The zero-order valence-corrected chi connectivity index (χ0v) is 9.83. The summed E-state index contributed by atoms with van der Waals surface area (Å²) in [5, 5.41) is 8.89. The fourth-order valence-electron chi connectivity index (χ4n) is 1.83. The summed E-state index contributed by atoms with van der Waals surface area (Å²) < 4.78 is 5.01. The summed E-state index contributed by atoms with van der Waals surface area (Å²) in [6, 6.07) is 1.75. The summed E-state index contributed by atoms with van der Waals surface area (Å²) in [6.45, 7) is 3.17. The largest absolute Gasteiger partial charge is 0.481 e. The molecule has 0 amide bonds. The molecule has 1 aliphatic heterocycles. The molecule has 1 saturated heterocycles.